The molecule has 0 aliphatic carbocycles. The molecule has 1 aromatic rings. The van der Waals surface area contributed by atoms with Crippen LogP contribution in [-0.2, 0) is 6.42 Å². The van der Waals surface area contributed by atoms with Crippen LogP contribution in [0.2, 0.25) is 0 Å². The summed E-state index contributed by atoms with van der Waals surface area (Å²) in [6, 6.07) is 9.92. The van der Waals surface area contributed by atoms with Gasteiger partial charge in [-0.25, -0.2) is 4.39 Å². The first-order valence-electron chi connectivity index (χ1n) is 5.22. The highest BCUT2D eigenvalue weighted by molar-refractivity contribution is 5.17. The molecule has 1 N–H and O–H groups in total. The average Bonchev–Trinajstić information content (AvgIpc) is 2.19. The Morgan fingerprint density at radius 1 is 1.14 bits per heavy atom. The number of benzene rings is 1. The molecule has 0 aromatic heterocycles. The van der Waals surface area contributed by atoms with E-state index in [-0.39, 0.29) is 0 Å². The van der Waals surface area contributed by atoms with Crippen molar-refractivity contribution in [3.05, 3.63) is 35.9 Å². The zero-order valence-corrected chi connectivity index (χ0v) is 8.30. The van der Waals surface area contributed by atoms with Crippen molar-refractivity contribution < 1.29 is 4.39 Å². The highest BCUT2D eigenvalue weighted by Gasteiger charge is 2.31. The summed E-state index contributed by atoms with van der Waals surface area (Å²) in [6.45, 7) is 1.62. The SMILES string of the molecule is FC1(Cc2ccccc2)CCNCC1. The van der Waals surface area contributed by atoms with Crippen LogP contribution in [0.4, 0.5) is 4.39 Å². The van der Waals surface area contributed by atoms with Crippen LogP contribution in [0.1, 0.15) is 18.4 Å². The van der Waals surface area contributed by atoms with Crippen LogP contribution in [-0.4, -0.2) is 18.8 Å². The maximum Gasteiger partial charge on any atom is 0.117 e. The molecular formula is C12H16FN. The van der Waals surface area contributed by atoms with Crippen LogP contribution < -0.4 is 5.32 Å². The summed E-state index contributed by atoms with van der Waals surface area (Å²) in [4.78, 5) is 0. The second-order valence-electron chi connectivity index (χ2n) is 4.06. The lowest BCUT2D eigenvalue weighted by Crippen LogP contribution is -2.40. The van der Waals surface area contributed by atoms with Crippen LogP contribution in [0, 0.1) is 0 Å². The van der Waals surface area contributed by atoms with E-state index in [4.69, 9.17) is 0 Å². The molecule has 1 saturated heterocycles. The van der Waals surface area contributed by atoms with Crippen molar-refractivity contribution in [1.82, 2.24) is 5.32 Å². The monoisotopic (exact) mass is 193 g/mol. The molecule has 76 valence electrons. The largest absolute Gasteiger partial charge is 0.316 e. The minimum Gasteiger partial charge on any atom is -0.316 e. The van der Waals surface area contributed by atoms with Gasteiger partial charge in [0.15, 0.2) is 0 Å². The number of alkyl halides is 1. The third kappa shape index (κ3) is 2.32. The normalized spacial score (nSPS) is 20.6. The molecule has 2 rings (SSSR count). The molecule has 1 aliphatic rings. The summed E-state index contributed by atoms with van der Waals surface area (Å²) in [5.74, 6) is 0. The number of rotatable bonds is 2. The van der Waals surface area contributed by atoms with Gasteiger partial charge in [0.25, 0.3) is 0 Å². The average molecular weight is 193 g/mol. The molecular weight excluding hydrogens is 177 g/mol. The molecule has 1 aromatic carbocycles. The first-order valence-corrected chi connectivity index (χ1v) is 5.22. The molecule has 1 heterocycles. The minimum atomic E-state index is -0.980. The second kappa shape index (κ2) is 4.09. The number of piperidine rings is 1. The zero-order valence-electron chi connectivity index (χ0n) is 8.30. The van der Waals surface area contributed by atoms with Crippen LogP contribution in [0.3, 0.4) is 0 Å². The molecule has 0 spiro atoms. The Morgan fingerprint density at radius 3 is 2.43 bits per heavy atom. The highest BCUT2D eigenvalue weighted by atomic mass is 19.1. The summed E-state index contributed by atoms with van der Waals surface area (Å²) in [6.07, 6.45) is 1.85. The molecule has 0 bridgehead atoms. The standard InChI is InChI=1S/C12H16FN/c13-12(6-8-14-9-7-12)10-11-4-2-1-3-5-11/h1-5,14H,6-10H2. The van der Waals surface area contributed by atoms with Crippen molar-refractivity contribution in [3.8, 4) is 0 Å². The quantitative estimate of drug-likeness (QED) is 0.760. The van der Waals surface area contributed by atoms with Crippen LogP contribution in [0.15, 0.2) is 30.3 Å². The Bertz CT molecular complexity index is 278. The Morgan fingerprint density at radius 2 is 1.79 bits per heavy atom. The lowest BCUT2D eigenvalue weighted by atomic mass is 9.88. The Hall–Kier alpha value is -0.890. The second-order valence-corrected chi connectivity index (χ2v) is 4.06. The number of hydrogen-bond acceptors (Lipinski definition) is 1. The van der Waals surface area contributed by atoms with Crippen LogP contribution in [0.5, 0.6) is 0 Å². The summed E-state index contributed by atoms with van der Waals surface area (Å²) in [5.41, 5.74) is 0.129. The van der Waals surface area contributed by atoms with Crippen LogP contribution in [0.25, 0.3) is 0 Å². The van der Waals surface area contributed by atoms with Gasteiger partial charge in [-0.1, -0.05) is 30.3 Å². The van der Waals surface area contributed by atoms with Gasteiger partial charge in [-0.05, 0) is 31.5 Å². The van der Waals surface area contributed by atoms with Crippen molar-refractivity contribution >= 4 is 0 Å². The van der Waals surface area contributed by atoms with E-state index in [0.29, 0.717) is 19.3 Å². The van der Waals surface area contributed by atoms with Gasteiger partial charge in [-0.3, -0.25) is 0 Å². The fraction of sp³-hybridized carbons (Fsp3) is 0.500. The predicted molar refractivity (Wildman–Crippen MR) is 56.1 cm³/mol. The van der Waals surface area contributed by atoms with E-state index >= 15 is 0 Å². The van der Waals surface area contributed by atoms with Crippen molar-refractivity contribution in [2.75, 3.05) is 13.1 Å². The molecule has 1 fully saturated rings. The van der Waals surface area contributed by atoms with Gasteiger partial charge in [-0.15, -0.1) is 0 Å². The smallest absolute Gasteiger partial charge is 0.117 e. The van der Waals surface area contributed by atoms with E-state index in [1.165, 1.54) is 0 Å². The Labute approximate surface area is 84.3 Å². The van der Waals surface area contributed by atoms with Crippen molar-refractivity contribution in [1.29, 1.82) is 0 Å². The number of hydrogen-bond donors (Lipinski definition) is 1. The molecule has 0 saturated carbocycles. The molecule has 0 amide bonds. The van der Waals surface area contributed by atoms with Crippen molar-refractivity contribution in [2.24, 2.45) is 0 Å². The van der Waals surface area contributed by atoms with Gasteiger partial charge < -0.3 is 5.32 Å². The molecule has 0 atom stereocenters. The third-order valence-corrected chi connectivity index (χ3v) is 2.86. The molecule has 0 unspecified atom stereocenters. The minimum absolute atomic E-state index is 0.565. The summed E-state index contributed by atoms with van der Waals surface area (Å²) in [7, 11) is 0. The van der Waals surface area contributed by atoms with Gasteiger partial charge in [0, 0.05) is 6.42 Å². The lowest BCUT2D eigenvalue weighted by molar-refractivity contribution is 0.116. The van der Waals surface area contributed by atoms with E-state index in [2.05, 4.69) is 5.32 Å². The number of nitrogens with one attached hydrogen (secondary N) is 1. The molecule has 14 heavy (non-hydrogen) atoms. The van der Waals surface area contributed by atoms with Crippen LogP contribution >= 0.6 is 0 Å². The predicted octanol–water partition coefficient (Wildman–Crippen LogP) is 2.32. The Kier molecular flexibility index (Phi) is 2.82. The topological polar surface area (TPSA) is 12.0 Å². The van der Waals surface area contributed by atoms with E-state index in [1.807, 2.05) is 30.3 Å². The lowest BCUT2D eigenvalue weighted by Gasteiger charge is -2.30. The maximum atomic E-state index is 14.2. The van der Waals surface area contributed by atoms with Crippen molar-refractivity contribution in [2.45, 2.75) is 24.9 Å². The van der Waals surface area contributed by atoms with E-state index < -0.39 is 5.67 Å². The summed E-state index contributed by atoms with van der Waals surface area (Å²) in [5, 5.41) is 3.19. The fourth-order valence-corrected chi connectivity index (χ4v) is 2.01. The summed E-state index contributed by atoms with van der Waals surface area (Å²) >= 11 is 0. The van der Waals surface area contributed by atoms with E-state index in [0.717, 1.165) is 18.7 Å². The maximum absolute atomic E-state index is 14.2. The molecule has 1 aliphatic heterocycles. The van der Waals surface area contributed by atoms with Gasteiger partial charge in [0.05, 0.1) is 0 Å². The molecule has 0 radical (unpaired) electrons. The highest BCUT2D eigenvalue weighted by Crippen LogP contribution is 2.27. The zero-order chi connectivity index (χ0) is 9.86. The first-order chi connectivity index (χ1) is 6.79. The van der Waals surface area contributed by atoms with Gasteiger partial charge >= 0.3 is 0 Å². The molecule has 2 heteroatoms. The number of halogens is 1. The third-order valence-electron chi connectivity index (χ3n) is 2.86. The summed E-state index contributed by atoms with van der Waals surface area (Å²) < 4.78 is 14.2. The first kappa shape index (κ1) is 9.66. The Balaban J connectivity index is 2.02. The fourth-order valence-electron chi connectivity index (χ4n) is 2.01. The van der Waals surface area contributed by atoms with Gasteiger partial charge in [-0.2, -0.15) is 0 Å². The van der Waals surface area contributed by atoms with E-state index in [1.54, 1.807) is 0 Å². The van der Waals surface area contributed by atoms with E-state index in [9.17, 15) is 4.39 Å². The van der Waals surface area contributed by atoms with Gasteiger partial charge in [0.2, 0.25) is 0 Å². The van der Waals surface area contributed by atoms with Gasteiger partial charge in [0.1, 0.15) is 5.67 Å². The van der Waals surface area contributed by atoms with Crippen molar-refractivity contribution in [3.63, 3.8) is 0 Å². The molecule has 1 nitrogen and oxygen atoms in total.